The molecule has 192 valence electrons. The van der Waals surface area contributed by atoms with E-state index in [1.165, 1.54) is 0 Å². The van der Waals surface area contributed by atoms with E-state index in [2.05, 4.69) is 16.0 Å². The van der Waals surface area contributed by atoms with Gasteiger partial charge in [0.05, 0.1) is 17.0 Å². The second kappa shape index (κ2) is 10.1. The van der Waals surface area contributed by atoms with Crippen LogP contribution >= 0.6 is 0 Å². The van der Waals surface area contributed by atoms with Crippen molar-refractivity contribution in [2.45, 2.75) is 39.2 Å². The highest BCUT2D eigenvalue weighted by Crippen LogP contribution is 2.43. The Kier molecular flexibility index (Phi) is 7.05. The fourth-order valence-corrected chi connectivity index (χ4v) is 4.93. The van der Waals surface area contributed by atoms with Gasteiger partial charge in [0.1, 0.15) is 0 Å². The van der Waals surface area contributed by atoms with E-state index >= 15 is 0 Å². The topological polar surface area (TPSA) is 139 Å². The predicted molar refractivity (Wildman–Crippen MR) is 147 cm³/mol. The van der Waals surface area contributed by atoms with Crippen molar-refractivity contribution in [1.29, 1.82) is 0 Å². The molecule has 0 fully saturated rings. The molecule has 1 aliphatic heterocycles. The fourth-order valence-electron chi connectivity index (χ4n) is 4.93. The van der Waals surface area contributed by atoms with Gasteiger partial charge in [0.15, 0.2) is 0 Å². The van der Waals surface area contributed by atoms with E-state index in [1.807, 2.05) is 48.5 Å². The molecule has 0 saturated heterocycles. The zero-order chi connectivity index (χ0) is 26.8. The maximum atomic E-state index is 13.8. The Morgan fingerprint density at radius 1 is 0.919 bits per heavy atom. The van der Waals surface area contributed by atoms with Crippen LogP contribution in [-0.2, 0) is 16.0 Å². The molecule has 37 heavy (non-hydrogen) atoms. The Balaban J connectivity index is 1.59. The first-order valence-electron chi connectivity index (χ1n) is 12.3. The summed E-state index contributed by atoms with van der Waals surface area (Å²) in [4.78, 5) is 38.5. The van der Waals surface area contributed by atoms with Gasteiger partial charge in [-0.2, -0.15) is 0 Å². The first kappa shape index (κ1) is 25.9. The largest absolute Gasteiger partial charge is 0.351 e. The first-order chi connectivity index (χ1) is 17.5. The van der Waals surface area contributed by atoms with Crippen LogP contribution in [-0.4, -0.2) is 23.4 Å². The Bertz CT molecular complexity index is 1330. The molecule has 3 aromatic carbocycles. The Morgan fingerprint density at radius 2 is 1.57 bits per heavy atom. The zero-order valence-corrected chi connectivity index (χ0v) is 21.3. The number of nitrogens with one attached hydrogen (secondary N) is 3. The number of urea groups is 1. The molecule has 4 rings (SSSR count). The second-order valence-electron chi connectivity index (χ2n) is 10.2. The normalized spacial score (nSPS) is 17.0. The summed E-state index contributed by atoms with van der Waals surface area (Å²) >= 11 is 0. The van der Waals surface area contributed by atoms with Gasteiger partial charge in [0, 0.05) is 22.5 Å². The standard InChI is InChI=1S/C29H33N5O3/c1-28(2,31)29(3,22-17-14-19-8-4-6-10-23(19)33-25(22)35)26(36)32-20-15-12-18(13-16-20)21-9-5-7-11-24(21)34-27(30)37/h4-13,15-16,22H,14,17,31H2,1-3H3,(H,32,36)(H,33,35)(H3,30,34,37)/t22-,29?/m0/s1. The van der Waals surface area contributed by atoms with E-state index in [0.717, 1.165) is 22.4 Å². The van der Waals surface area contributed by atoms with Gasteiger partial charge in [-0.25, -0.2) is 4.79 Å². The Labute approximate surface area is 216 Å². The maximum Gasteiger partial charge on any atom is 0.316 e. The minimum atomic E-state index is -1.20. The molecule has 7 N–H and O–H groups in total. The highest BCUT2D eigenvalue weighted by Gasteiger charge is 2.53. The van der Waals surface area contributed by atoms with E-state index in [4.69, 9.17) is 11.5 Å². The highest BCUT2D eigenvalue weighted by molar-refractivity contribution is 6.03. The van der Waals surface area contributed by atoms with Gasteiger partial charge in [-0.1, -0.05) is 48.5 Å². The van der Waals surface area contributed by atoms with Crippen LogP contribution in [0.5, 0.6) is 0 Å². The molecule has 1 aliphatic rings. The summed E-state index contributed by atoms with van der Waals surface area (Å²) in [7, 11) is 0. The van der Waals surface area contributed by atoms with Gasteiger partial charge < -0.3 is 27.4 Å². The van der Waals surface area contributed by atoms with Gasteiger partial charge in [0.2, 0.25) is 11.8 Å². The number of carbonyl (C=O) groups excluding carboxylic acids is 3. The number of hydrogen-bond donors (Lipinski definition) is 5. The van der Waals surface area contributed by atoms with Crippen LogP contribution < -0.4 is 27.4 Å². The molecule has 2 atom stereocenters. The van der Waals surface area contributed by atoms with E-state index in [0.29, 0.717) is 24.2 Å². The summed E-state index contributed by atoms with van der Waals surface area (Å²) in [6, 6.07) is 21.6. The number of para-hydroxylation sites is 2. The van der Waals surface area contributed by atoms with Gasteiger partial charge in [-0.3, -0.25) is 9.59 Å². The van der Waals surface area contributed by atoms with E-state index in [1.54, 1.807) is 45.0 Å². The van der Waals surface area contributed by atoms with Crippen LogP contribution in [0.3, 0.4) is 0 Å². The number of aryl methyl sites for hydroxylation is 1. The molecule has 0 saturated carbocycles. The summed E-state index contributed by atoms with van der Waals surface area (Å²) in [5.74, 6) is -1.17. The van der Waals surface area contributed by atoms with Crippen molar-refractivity contribution in [2.24, 2.45) is 22.8 Å². The molecule has 3 aromatic rings. The van der Waals surface area contributed by atoms with Crippen molar-refractivity contribution in [3.63, 3.8) is 0 Å². The SMILES string of the molecule is CC(C)(N)C(C)(C(=O)Nc1ccc(-c2ccccc2NC(N)=O)cc1)[C@H]1CCc2ccccc2NC1=O. The van der Waals surface area contributed by atoms with Gasteiger partial charge in [-0.15, -0.1) is 0 Å². The highest BCUT2D eigenvalue weighted by atomic mass is 16.2. The number of amides is 4. The van der Waals surface area contributed by atoms with Gasteiger partial charge >= 0.3 is 6.03 Å². The van der Waals surface area contributed by atoms with Gasteiger partial charge in [-0.05, 0) is 69.0 Å². The maximum absolute atomic E-state index is 13.8. The predicted octanol–water partition coefficient (Wildman–Crippen LogP) is 4.73. The van der Waals surface area contributed by atoms with Crippen LogP contribution in [0.1, 0.15) is 32.8 Å². The minimum Gasteiger partial charge on any atom is -0.351 e. The molecule has 0 spiro atoms. The van der Waals surface area contributed by atoms with Crippen molar-refractivity contribution < 1.29 is 14.4 Å². The molecule has 1 heterocycles. The Hall–Kier alpha value is -4.17. The quantitative estimate of drug-likeness (QED) is 0.335. The van der Waals surface area contributed by atoms with E-state index in [-0.39, 0.29) is 11.8 Å². The average molecular weight is 500 g/mol. The molecule has 4 amide bonds. The van der Waals surface area contributed by atoms with Crippen molar-refractivity contribution in [1.82, 2.24) is 0 Å². The van der Waals surface area contributed by atoms with Crippen molar-refractivity contribution in [2.75, 3.05) is 16.0 Å². The van der Waals surface area contributed by atoms with Crippen LogP contribution in [0.4, 0.5) is 21.9 Å². The monoisotopic (exact) mass is 499 g/mol. The first-order valence-corrected chi connectivity index (χ1v) is 12.3. The minimum absolute atomic E-state index is 0.213. The van der Waals surface area contributed by atoms with Crippen LogP contribution in [0.25, 0.3) is 11.1 Å². The summed E-state index contributed by atoms with van der Waals surface area (Å²) in [5.41, 5.74) is 14.3. The lowest BCUT2D eigenvalue weighted by Gasteiger charge is -2.44. The van der Waals surface area contributed by atoms with Crippen molar-refractivity contribution in [3.8, 4) is 11.1 Å². The van der Waals surface area contributed by atoms with Crippen LogP contribution in [0.15, 0.2) is 72.8 Å². The smallest absolute Gasteiger partial charge is 0.316 e. The molecule has 0 radical (unpaired) electrons. The van der Waals surface area contributed by atoms with E-state index < -0.39 is 22.9 Å². The molecule has 8 nitrogen and oxygen atoms in total. The van der Waals surface area contributed by atoms with Crippen LogP contribution in [0, 0.1) is 11.3 Å². The summed E-state index contributed by atoms with van der Waals surface area (Å²) in [6.07, 6.45) is 1.15. The van der Waals surface area contributed by atoms with Crippen molar-refractivity contribution >= 4 is 34.9 Å². The molecule has 1 unspecified atom stereocenters. The summed E-state index contributed by atoms with van der Waals surface area (Å²) in [5, 5.41) is 8.61. The summed E-state index contributed by atoms with van der Waals surface area (Å²) < 4.78 is 0. The fraction of sp³-hybridized carbons (Fsp3) is 0.276. The molecule has 0 aromatic heterocycles. The number of carbonyl (C=O) groups is 3. The number of primary amides is 1. The van der Waals surface area contributed by atoms with Crippen molar-refractivity contribution in [3.05, 3.63) is 78.4 Å². The third kappa shape index (κ3) is 5.20. The lowest BCUT2D eigenvalue weighted by Crippen LogP contribution is -2.61. The molecule has 0 aliphatic carbocycles. The third-order valence-electron chi connectivity index (χ3n) is 7.44. The van der Waals surface area contributed by atoms with E-state index in [9.17, 15) is 14.4 Å². The third-order valence-corrected chi connectivity index (χ3v) is 7.44. The lowest BCUT2D eigenvalue weighted by atomic mass is 9.62. The Morgan fingerprint density at radius 3 is 2.24 bits per heavy atom. The molecule has 0 bridgehead atoms. The molecular weight excluding hydrogens is 466 g/mol. The van der Waals surface area contributed by atoms with Crippen LogP contribution in [0.2, 0.25) is 0 Å². The zero-order valence-electron chi connectivity index (χ0n) is 21.3. The number of anilines is 3. The lowest BCUT2D eigenvalue weighted by molar-refractivity contribution is -0.139. The average Bonchev–Trinajstić information content (AvgIpc) is 3.01. The number of benzene rings is 3. The summed E-state index contributed by atoms with van der Waals surface area (Å²) in [6.45, 7) is 5.33. The molecule has 8 heteroatoms. The molecular formula is C29H33N5O3. The second-order valence-corrected chi connectivity index (χ2v) is 10.2. The number of fused-ring (bicyclic) bond motifs is 1. The number of rotatable bonds is 6. The van der Waals surface area contributed by atoms with Gasteiger partial charge in [0.25, 0.3) is 0 Å². The number of nitrogens with two attached hydrogens (primary N) is 2. The number of hydrogen-bond acceptors (Lipinski definition) is 4.